The Morgan fingerprint density at radius 1 is 0.958 bits per heavy atom. The molecule has 0 aromatic heterocycles. The molecule has 0 fully saturated rings. The highest BCUT2D eigenvalue weighted by Gasteiger charge is 2.05. The first-order chi connectivity index (χ1) is 11.6. The van der Waals surface area contributed by atoms with Crippen molar-refractivity contribution < 1.29 is 14.3 Å². The van der Waals surface area contributed by atoms with E-state index in [4.69, 9.17) is 4.74 Å². The smallest absolute Gasteiger partial charge is 0.251 e. The molecule has 0 aliphatic rings. The number of nitrogens with one attached hydrogen (secondary N) is 3. The number of carbonyl (C=O) groups excluding carboxylic acids is 2. The normalized spacial score (nSPS) is 9.92. The van der Waals surface area contributed by atoms with Gasteiger partial charge >= 0.3 is 0 Å². The molecule has 2 aromatic carbocycles. The van der Waals surface area contributed by atoms with E-state index in [1.54, 1.807) is 43.4 Å². The van der Waals surface area contributed by atoms with Gasteiger partial charge in [-0.05, 0) is 55.5 Å². The average Bonchev–Trinajstić information content (AvgIpc) is 2.61. The molecule has 126 valence electrons. The van der Waals surface area contributed by atoms with E-state index < -0.39 is 0 Å². The predicted octanol–water partition coefficient (Wildman–Crippen LogP) is 2.50. The van der Waals surface area contributed by atoms with Crippen molar-refractivity contribution in [2.75, 3.05) is 30.8 Å². The second-order valence-corrected chi connectivity index (χ2v) is 5.02. The first-order valence-electron chi connectivity index (χ1n) is 7.71. The van der Waals surface area contributed by atoms with Gasteiger partial charge < -0.3 is 20.7 Å². The van der Waals surface area contributed by atoms with Crippen LogP contribution in [0.5, 0.6) is 5.75 Å². The van der Waals surface area contributed by atoms with Crippen LogP contribution in [0.25, 0.3) is 0 Å². The van der Waals surface area contributed by atoms with E-state index >= 15 is 0 Å². The number of ether oxygens (including phenoxy) is 1. The van der Waals surface area contributed by atoms with Gasteiger partial charge in [-0.25, -0.2) is 0 Å². The van der Waals surface area contributed by atoms with E-state index in [9.17, 15) is 9.59 Å². The predicted molar refractivity (Wildman–Crippen MR) is 94.6 cm³/mol. The lowest BCUT2D eigenvalue weighted by molar-refractivity contribution is -0.114. The first kappa shape index (κ1) is 17.3. The number of hydrogen-bond donors (Lipinski definition) is 3. The summed E-state index contributed by atoms with van der Waals surface area (Å²) in [6.45, 7) is 2.66. The average molecular weight is 327 g/mol. The summed E-state index contributed by atoms with van der Waals surface area (Å²) in [4.78, 5) is 23.4. The molecule has 24 heavy (non-hydrogen) atoms. The third-order valence-electron chi connectivity index (χ3n) is 3.28. The number of rotatable bonds is 7. The molecular weight excluding hydrogens is 306 g/mol. The molecule has 6 heteroatoms. The number of amides is 2. The molecule has 0 radical (unpaired) electrons. The third-order valence-corrected chi connectivity index (χ3v) is 3.28. The fourth-order valence-electron chi connectivity index (χ4n) is 2.07. The topological polar surface area (TPSA) is 79.5 Å². The molecule has 0 spiro atoms. The lowest BCUT2D eigenvalue weighted by Crippen LogP contribution is -2.22. The van der Waals surface area contributed by atoms with E-state index in [0.717, 1.165) is 11.4 Å². The lowest BCUT2D eigenvalue weighted by Gasteiger charge is -2.09. The molecule has 2 rings (SSSR count). The molecule has 0 atom stereocenters. The highest BCUT2D eigenvalue weighted by atomic mass is 16.5. The van der Waals surface area contributed by atoms with Crippen LogP contribution in [0.1, 0.15) is 17.3 Å². The zero-order valence-corrected chi connectivity index (χ0v) is 13.8. The summed E-state index contributed by atoms with van der Waals surface area (Å²) in [5.41, 5.74) is 2.05. The van der Waals surface area contributed by atoms with Gasteiger partial charge in [-0.15, -0.1) is 0 Å². The molecule has 0 saturated carbocycles. The fraction of sp³-hybridized carbons (Fsp3) is 0.222. The van der Waals surface area contributed by atoms with Crippen molar-refractivity contribution in [3.63, 3.8) is 0 Å². The van der Waals surface area contributed by atoms with Gasteiger partial charge in [0, 0.05) is 24.0 Å². The van der Waals surface area contributed by atoms with Crippen LogP contribution in [0.4, 0.5) is 11.4 Å². The Morgan fingerprint density at radius 2 is 1.58 bits per heavy atom. The van der Waals surface area contributed by atoms with Crippen LogP contribution >= 0.6 is 0 Å². The van der Waals surface area contributed by atoms with Crippen LogP contribution in [0.15, 0.2) is 48.5 Å². The molecule has 0 aliphatic heterocycles. The minimum Gasteiger partial charge on any atom is -0.494 e. The van der Waals surface area contributed by atoms with Crippen LogP contribution in [0.3, 0.4) is 0 Å². The minimum atomic E-state index is -0.158. The Hall–Kier alpha value is -3.02. The summed E-state index contributed by atoms with van der Waals surface area (Å²) < 4.78 is 5.35. The second-order valence-electron chi connectivity index (χ2n) is 5.02. The Morgan fingerprint density at radius 3 is 2.17 bits per heavy atom. The van der Waals surface area contributed by atoms with Gasteiger partial charge in [0.05, 0.1) is 13.2 Å². The van der Waals surface area contributed by atoms with Crippen molar-refractivity contribution in [3.05, 3.63) is 54.1 Å². The van der Waals surface area contributed by atoms with Crippen molar-refractivity contribution in [1.82, 2.24) is 5.32 Å². The maximum atomic E-state index is 11.9. The molecule has 3 N–H and O–H groups in total. The second kappa shape index (κ2) is 8.57. The van der Waals surface area contributed by atoms with Crippen molar-refractivity contribution in [1.29, 1.82) is 0 Å². The first-order valence-corrected chi connectivity index (χ1v) is 7.71. The third kappa shape index (κ3) is 5.01. The van der Waals surface area contributed by atoms with Gasteiger partial charge in [-0.2, -0.15) is 0 Å². The standard InChI is InChI=1S/C18H21N3O3/c1-3-24-16-10-8-15(9-11-16)21-17(22)12-20-14-6-4-13(5-7-14)18(23)19-2/h4-11,20H,3,12H2,1-2H3,(H,19,23)(H,21,22). The van der Waals surface area contributed by atoms with Crippen LogP contribution in [-0.2, 0) is 4.79 Å². The van der Waals surface area contributed by atoms with Gasteiger partial charge in [0.15, 0.2) is 0 Å². The van der Waals surface area contributed by atoms with E-state index in [1.165, 1.54) is 0 Å². The number of benzene rings is 2. The SMILES string of the molecule is CCOc1ccc(NC(=O)CNc2ccc(C(=O)NC)cc2)cc1. The maximum absolute atomic E-state index is 11.9. The Bertz CT molecular complexity index is 682. The van der Waals surface area contributed by atoms with E-state index in [-0.39, 0.29) is 18.4 Å². The molecule has 2 amide bonds. The highest BCUT2D eigenvalue weighted by Crippen LogP contribution is 2.15. The van der Waals surface area contributed by atoms with Crippen LogP contribution in [0.2, 0.25) is 0 Å². The lowest BCUT2D eigenvalue weighted by atomic mass is 10.2. The maximum Gasteiger partial charge on any atom is 0.251 e. The van der Waals surface area contributed by atoms with E-state index in [1.807, 2.05) is 19.1 Å². The molecule has 0 unspecified atom stereocenters. The monoisotopic (exact) mass is 327 g/mol. The summed E-state index contributed by atoms with van der Waals surface area (Å²) in [5, 5.41) is 8.37. The minimum absolute atomic E-state index is 0.131. The van der Waals surface area contributed by atoms with E-state index in [0.29, 0.717) is 17.9 Å². The molecule has 0 saturated heterocycles. The summed E-state index contributed by atoms with van der Waals surface area (Å²) in [5.74, 6) is 0.467. The Labute approximate surface area is 141 Å². The summed E-state index contributed by atoms with van der Waals surface area (Å²) in [6, 6.07) is 14.1. The molecule has 6 nitrogen and oxygen atoms in total. The van der Waals surface area contributed by atoms with E-state index in [2.05, 4.69) is 16.0 Å². The summed E-state index contributed by atoms with van der Waals surface area (Å²) in [7, 11) is 1.58. The van der Waals surface area contributed by atoms with Gasteiger partial charge in [0.1, 0.15) is 5.75 Å². The molecule has 0 heterocycles. The van der Waals surface area contributed by atoms with Crippen LogP contribution in [0, 0.1) is 0 Å². The Balaban J connectivity index is 1.83. The van der Waals surface area contributed by atoms with Crippen molar-refractivity contribution in [2.24, 2.45) is 0 Å². The molecular formula is C18H21N3O3. The molecule has 0 bridgehead atoms. The number of carbonyl (C=O) groups is 2. The van der Waals surface area contributed by atoms with Crippen molar-refractivity contribution in [2.45, 2.75) is 6.92 Å². The van der Waals surface area contributed by atoms with Crippen LogP contribution < -0.4 is 20.7 Å². The van der Waals surface area contributed by atoms with Gasteiger partial charge in [-0.1, -0.05) is 0 Å². The number of anilines is 2. The molecule has 0 aliphatic carbocycles. The largest absolute Gasteiger partial charge is 0.494 e. The highest BCUT2D eigenvalue weighted by molar-refractivity contribution is 5.95. The summed E-state index contributed by atoms with van der Waals surface area (Å²) >= 11 is 0. The molecule has 2 aromatic rings. The van der Waals surface area contributed by atoms with Crippen molar-refractivity contribution in [3.8, 4) is 5.75 Å². The van der Waals surface area contributed by atoms with Gasteiger partial charge in [0.25, 0.3) is 5.91 Å². The van der Waals surface area contributed by atoms with Crippen LogP contribution in [-0.4, -0.2) is 32.0 Å². The quantitative estimate of drug-likeness (QED) is 0.730. The zero-order valence-electron chi connectivity index (χ0n) is 13.8. The zero-order chi connectivity index (χ0) is 17.4. The van der Waals surface area contributed by atoms with Gasteiger partial charge in [0.2, 0.25) is 5.91 Å². The van der Waals surface area contributed by atoms with Crippen molar-refractivity contribution >= 4 is 23.2 Å². The number of hydrogen-bond acceptors (Lipinski definition) is 4. The fourth-order valence-corrected chi connectivity index (χ4v) is 2.07. The Kier molecular flexibility index (Phi) is 6.19. The summed E-state index contributed by atoms with van der Waals surface area (Å²) in [6.07, 6.45) is 0. The van der Waals surface area contributed by atoms with Gasteiger partial charge in [-0.3, -0.25) is 9.59 Å².